The first-order valence-corrected chi connectivity index (χ1v) is 9.32. The normalized spacial score (nSPS) is 12.1. The van der Waals surface area contributed by atoms with Crippen LogP contribution in [0.1, 0.15) is 17.9 Å². The van der Waals surface area contributed by atoms with Gasteiger partial charge in [-0.05, 0) is 38.2 Å². The molecule has 2 heterocycles. The summed E-state index contributed by atoms with van der Waals surface area (Å²) in [6, 6.07) is 14.2. The molecule has 3 aromatic rings. The second kappa shape index (κ2) is 9.75. The van der Waals surface area contributed by atoms with E-state index in [1.807, 2.05) is 44.4 Å². The van der Waals surface area contributed by atoms with Crippen LogP contribution in [0, 0.1) is 0 Å². The van der Waals surface area contributed by atoms with Crippen LogP contribution in [-0.4, -0.2) is 52.6 Å². The first-order chi connectivity index (χ1) is 13.6. The Morgan fingerprint density at radius 1 is 1.18 bits per heavy atom. The number of hydrogen-bond donors (Lipinski definition) is 1. The molecule has 0 aliphatic heterocycles. The molecule has 1 N–H and O–H groups in total. The standard InChI is InChI=1S/C21H25N5O2/c1-26(2)18(13-16-7-4-3-5-8-16)15-23-19(27)10-11-20-24-21(25-28-20)17-9-6-12-22-14-17/h3-9,12,14,18H,10-11,13,15H2,1-2H3,(H,23,27). The Balaban J connectivity index is 1.46. The third kappa shape index (κ3) is 5.72. The first-order valence-electron chi connectivity index (χ1n) is 9.32. The number of aryl methyl sites for hydroxylation is 1. The van der Waals surface area contributed by atoms with Gasteiger partial charge in [0.1, 0.15) is 0 Å². The third-order valence-corrected chi connectivity index (χ3v) is 4.53. The highest BCUT2D eigenvalue weighted by Crippen LogP contribution is 2.14. The van der Waals surface area contributed by atoms with Gasteiger partial charge < -0.3 is 14.7 Å². The largest absolute Gasteiger partial charge is 0.355 e. The van der Waals surface area contributed by atoms with Crippen molar-refractivity contribution in [3.63, 3.8) is 0 Å². The molecule has 1 atom stereocenters. The summed E-state index contributed by atoms with van der Waals surface area (Å²) in [5, 5.41) is 6.96. The topological polar surface area (TPSA) is 84.2 Å². The molecule has 7 nitrogen and oxygen atoms in total. The van der Waals surface area contributed by atoms with E-state index in [2.05, 4.69) is 37.5 Å². The van der Waals surface area contributed by atoms with E-state index >= 15 is 0 Å². The van der Waals surface area contributed by atoms with E-state index in [-0.39, 0.29) is 11.9 Å². The van der Waals surface area contributed by atoms with Gasteiger partial charge in [-0.3, -0.25) is 9.78 Å². The second-order valence-electron chi connectivity index (χ2n) is 6.86. The van der Waals surface area contributed by atoms with Crippen molar-refractivity contribution in [3.8, 4) is 11.4 Å². The Morgan fingerprint density at radius 3 is 2.71 bits per heavy atom. The molecular formula is C21H25N5O2. The Hall–Kier alpha value is -3.06. The molecule has 0 radical (unpaired) electrons. The average molecular weight is 379 g/mol. The summed E-state index contributed by atoms with van der Waals surface area (Å²) < 4.78 is 5.24. The Labute approximate surface area is 164 Å². The molecule has 146 valence electrons. The van der Waals surface area contributed by atoms with Crippen LogP contribution in [0.5, 0.6) is 0 Å². The van der Waals surface area contributed by atoms with Gasteiger partial charge in [0.2, 0.25) is 17.6 Å². The molecule has 0 spiro atoms. The summed E-state index contributed by atoms with van der Waals surface area (Å²) in [5.74, 6) is 0.905. The molecule has 1 aromatic carbocycles. The van der Waals surface area contributed by atoms with Crippen LogP contribution < -0.4 is 5.32 Å². The highest BCUT2D eigenvalue weighted by molar-refractivity contribution is 5.76. The van der Waals surface area contributed by atoms with E-state index in [0.29, 0.717) is 31.1 Å². The van der Waals surface area contributed by atoms with Gasteiger partial charge in [-0.15, -0.1) is 0 Å². The van der Waals surface area contributed by atoms with Gasteiger partial charge in [-0.25, -0.2) is 0 Å². The fraction of sp³-hybridized carbons (Fsp3) is 0.333. The van der Waals surface area contributed by atoms with Gasteiger partial charge in [0.05, 0.1) is 0 Å². The molecule has 28 heavy (non-hydrogen) atoms. The zero-order valence-corrected chi connectivity index (χ0v) is 16.2. The van der Waals surface area contributed by atoms with Crippen molar-refractivity contribution < 1.29 is 9.32 Å². The molecule has 0 fully saturated rings. The quantitative estimate of drug-likeness (QED) is 0.614. The fourth-order valence-electron chi connectivity index (χ4n) is 2.83. The number of benzene rings is 1. The highest BCUT2D eigenvalue weighted by Gasteiger charge is 2.15. The average Bonchev–Trinajstić information content (AvgIpc) is 3.20. The lowest BCUT2D eigenvalue weighted by Gasteiger charge is -2.24. The maximum atomic E-state index is 12.2. The molecule has 1 unspecified atom stereocenters. The molecule has 0 saturated heterocycles. The van der Waals surface area contributed by atoms with Gasteiger partial charge in [-0.2, -0.15) is 4.98 Å². The summed E-state index contributed by atoms with van der Waals surface area (Å²) in [4.78, 5) is 22.7. The third-order valence-electron chi connectivity index (χ3n) is 4.53. The van der Waals surface area contributed by atoms with Crippen LogP contribution in [0.25, 0.3) is 11.4 Å². The molecule has 0 aliphatic rings. The number of nitrogens with zero attached hydrogens (tertiary/aromatic N) is 4. The first kappa shape index (κ1) is 19.7. The summed E-state index contributed by atoms with van der Waals surface area (Å²) in [5.41, 5.74) is 2.04. The number of rotatable bonds is 9. The molecule has 0 saturated carbocycles. The van der Waals surface area contributed by atoms with E-state index in [1.54, 1.807) is 12.4 Å². The molecule has 1 amide bonds. The molecule has 7 heteroatoms. The van der Waals surface area contributed by atoms with E-state index in [0.717, 1.165) is 12.0 Å². The van der Waals surface area contributed by atoms with Crippen molar-refractivity contribution >= 4 is 5.91 Å². The van der Waals surface area contributed by atoms with Gasteiger partial charge in [0.25, 0.3) is 0 Å². The van der Waals surface area contributed by atoms with Crippen molar-refractivity contribution in [3.05, 3.63) is 66.3 Å². The summed E-state index contributed by atoms with van der Waals surface area (Å²) >= 11 is 0. The zero-order valence-electron chi connectivity index (χ0n) is 16.2. The minimum absolute atomic E-state index is 0.0268. The van der Waals surface area contributed by atoms with Crippen molar-refractivity contribution in [2.24, 2.45) is 0 Å². The fourth-order valence-corrected chi connectivity index (χ4v) is 2.83. The van der Waals surface area contributed by atoms with Crippen molar-refractivity contribution in [2.45, 2.75) is 25.3 Å². The van der Waals surface area contributed by atoms with Gasteiger partial charge in [-0.1, -0.05) is 35.5 Å². The number of carbonyl (C=O) groups is 1. The van der Waals surface area contributed by atoms with Gasteiger partial charge >= 0.3 is 0 Å². The SMILES string of the molecule is CN(C)C(CNC(=O)CCc1nc(-c2cccnc2)no1)Cc1ccccc1. The molecular weight excluding hydrogens is 354 g/mol. The minimum atomic E-state index is -0.0268. The molecule has 0 aliphatic carbocycles. The smallest absolute Gasteiger partial charge is 0.227 e. The van der Waals surface area contributed by atoms with Crippen molar-refractivity contribution in [2.75, 3.05) is 20.6 Å². The lowest BCUT2D eigenvalue weighted by Crippen LogP contribution is -2.41. The van der Waals surface area contributed by atoms with Gasteiger partial charge in [0, 0.05) is 43.4 Å². The molecule has 2 aromatic heterocycles. The predicted octanol–water partition coefficient (Wildman–Crippen LogP) is 2.35. The Morgan fingerprint density at radius 2 is 2.00 bits per heavy atom. The van der Waals surface area contributed by atoms with E-state index in [4.69, 9.17) is 4.52 Å². The van der Waals surface area contributed by atoms with Crippen LogP contribution >= 0.6 is 0 Å². The maximum absolute atomic E-state index is 12.2. The number of likely N-dealkylation sites (N-methyl/N-ethyl adjacent to an activating group) is 1. The highest BCUT2D eigenvalue weighted by atomic mass is 16.5. The summed E-state index contributed by atoms with van der Waals surface area (Å²) in [6.07, 6.45) is 4.96. The van der Waals surface area contributed by atoms with Crippen molar-refractivity contribution in [1.82, 2.24) is 25.3 Å². The van der Waals surface area contributed by atoms with Crippen LogP contribution in [0.4, 0.5) is 0 Å². The summed E-state index contributed by atoms with van der Waals surface area (Å²) in [7, 11) is 4.05. The second-order valence-corrected chi connectivity index (χ2v) is 6.86. The summed E-state index contributed by atoms with van der Waals surface area (Å²) in [6.45, 7) is 0.589. The Bertz CT molecular complexity index is 865. The number of pyridine rings is 1. The molecule has 0 bridgehead atoms. The van der Waals surface area contributed by atoms with Crippen LogP contribution in [-0.2, 0) is 17.6 Å². The molecule has 3 rings (SSSR count). The lowest BCUT2D eigenvalue weighted by molar-refractivity contribution is -0.121. The lowest BCUT2D eigenvalue weighted by atomic mass is 10.1. The van der Waals surface area contributed by atoms with Crippen LogP contribution in [0.15, 0.2) is 59.4 Å². The minimum Gasteiger partial charge on any atom is -0.355 e. The number of nitrogens with one attached hydrogen (secondary N) is 1. The van der Waals surface area contributed by atoms with Crippen molar-refractivity contribution in [1.29, 1.82) is 0 Å². The number of amides is 1. The number of carbonyl (C=O) groups excluding carboxylic acids is 1. The van der Waals surface area contributed by atoms with E-state index < -0.39 is 0 Å². The maximum Gasteiger partial charge on any atom is 0.227 e. The van der Waals surface area contributed by atoms with E-state index in [9.17, 15) is 4.79 Å². The van der Waals surface area contributed by atoms with Crippen LogP contribution in [0.3, 0.4) is 0 Å². The zero-order chi connectivity index (χ0) is 19.8. The van der Waals surface area contributed by atoms with E-state index in [1.165, 1.54) is 5.56 Å². The monoisotopic (exact) mass is 379 g/mol. The van der Waals surface area contributed by atoms with Crippen LogP contribution in [0.2, 0.25) is 0 Å². The number of hydrogen-bond acceptors (Lipinski definition) is 6. The number of aromatic nitrogens is 3. The van der Waals surface area contributed by atoms with Gasteiger partial charge in [0.15, 0.2) is 0 Å². The predicted molar refractivity (Wildman–Crippen MR) is 106 cm³/mol. The Kier molecular flexibility index (Phi) is 6.86.